The standard InChI is InChI=1S/C19H20N6OS.2ClH/c20-17(21)13-3-1-12(2-4-13)16-11-25(19(24-16)27-10-9-26)15-7-5-14(6-8-15)18(22)23;;/h1-8,11,26H,9-10H2,(H3,20,21)(H3,22,23);2*1H. The second-order valence-corrected chi connectivity index (χ2v) is 6.86. The minimum atomic E-state index is 0. The topological polar surface area (TPSA) is 138 Å². The van der Waals surface area contributed by atoms with Gasteiger partial charge >= 0.3 is 0 Å². The van der Waals surface area contributed by atoms with Crippen LogP contribution in [0.15, 0.2) is 59.9 Å². The fraction of sp³-hybridized carbons (Fsp3) is 0.105. The molecule has 0 bridgehead atoms. The minimum absolute atomic E-state index is 0. The molecular weight excluding hydrogens is 431 g/mol. The van der Waals surface area contributed by atoms with Gasteiger partial charge in [-0.15, -0.1) is 24.8 Å². The molecule has 0 saturated carbocycles. The molecule has 0 radical (unpaired) electrons. The first-order chi connectivity index (χ1) is 13.0. The zero-order valence-electron chi connectivity index (χ0n) is 15.3. The molecule has 0 saturated heterocycles. The molecule has 1 heterocycles. The number of benzene rings is 2. The van der Waals surface area contributed by atoms with Gasteiger partial charge in [0.2, 0.25) is 0 Å². The first-order valence-electron chi connectivity index (χ1n) is 8.22. The lowest BCUT2D eigenvalue weighted by Crippen LogP contribution is -2.10. The highest BCUT2D eigenvalue weighted by atomic mass is 35.5. The molecule has 0 aliphatic heterocycles. The van der Waals surface area contributed by atoms with Crippen LogP contribution in [0.2, 0.25) is 0 Å². The number of nitrogen functional groups attached to an aromatic ring is 2. The van der Waals surface area contributed by atoms with Crippen LogP contribution in [0.5, 0.6) is 0 Å². The van der Waals surface area contributed by atoms with Gasteiger partial charge < -0.3 is 16.6 Å². The van der Waals surface area contributed by atoms with E-state index in [2.05, 4.69) is 4.98 Å². The number of nitrogens with zero attached hydrogens (tertiary/aromatic N) is 2. The Bertz CT molecular complexity index is 973. The first-order valence-corrected chi connectivity index (χ1v) is 9.21. The van der Waals surface area contributed by atoms with Crippen molar-refractivity contribution >= 4 is 48.2 Å². The Labute approximate surface area is 185 Å². The molecule has 0 unspecified atom stereocenters. The quantitative estimate of drug-likeness (QED) is 0.213. The Balaban J connectivity index is 0.00000210. The van der Waals surface area contributed by atoms with Gasteiger partial charge in [-0.05, 0) is 24.3 Å². The smallest absolute Gasteiger partial charge is 0.173 e. The number of amidine groups is 2. The van der Waals surface area contributed by atoms with Crippen LogP contribution in [0.3, 0.4) is 0 Å². The van der Waals surface area contributed by atoms with E-state index in [1.807, 2.05) is 35.0 Å². The van der Waals surface area contributed by atoms with E-state index in [4.69, 9.17) is 27.4 Å². The third kappa shape index (κ3) is 5.74. The molecule has 7 nitrogen and oxygen atoms in total. The number of nitrogens with two attached hydrogens (primary N) is 2. The Hall–Kier alpha value is -2.52. The molecule has 1 aromatic heterocycles. The summed E-state index contributed by atoms with van der Waals surface area (Å²) >= 11 is 1.46. The van der Waals surface area contributed by atoms with E-state index in [-0.39, 0.29) is 43.1 Å². The van der Waals surface area contributed by atoms with Gasteiger partial charge in [-0.3, -0.25) is 15.4 Å². The maximum atomic E-state index is 9.17. The van der Waals surface area contributed by atoms with Gasteiger partial charge in [0.15, 0.2) is 5.16 Å². The summed E-state index contributed by atoms with van der Waals surface area (Å²) in [6, 6.07) is 14.7. The number of imidazole rings is 1. The van der Waals surface area contributed by atoms with Crippen LogP contribution in [-0.4, -0.2) is 38.7 Å². The number of aromatic nitrogens is 2. The van der Waals surface area contributed by atoms with E-state index < -0.39 is 0 Å². The van der Waals surface area contributed by atoms with Crippen molar-refractivity contribution in [2.45, 2.75) is 5.16 Å². The maximum Gasteiger partial charge on any atom is 0.173 e. The van der Waals surface area contributed by atoms with Crippen LogP contribution < -0.4 is 11.5 Å². The van der Waals surface area contributed by atoms with Gasteiger partial charge in [-0.1, -0.05) is 36.0 Å². The van der Waals surface area contributed by atoms with E-state index in [9.17, 15) is 0 Å². The highest BCUT2D eigenvalue weighted by Crippen LogP contribution is 2.27. The Morgan fingerprint density at radius 2 is 1.45 bits per heavy atom. The molecule has 3 aromatic rings. The van der Waals surface area contributed by atoms with Gasteiger partial charge in [0.05, 0.1) is 12.3 Å². The summed E-state index contributed by atoms with van der Waals surface area (Å²) in [7, 11) is 0. The number of halogens is 2. The Kier molecular flexibility index (Phi) is 9.19. The first kappa shape index (κ1) is 24.5. The second-order valence-electron chi connectivity index (χ2n) is 5.80. The highest BCUT2D eigenvalue weighted by molar-refractivity contribution is 7.99. The molecule has 0 fully saturated rings. The monoisotopic (exact) mass is 452 g/mol. The fourth-order valence-corrected chi connectivity index (χ4v) is 3.28. The largest absolute Gasteiger partial charge is 0.396 e. The number of hydrogen-bond acceptors (Lipinski definition) is 5. The summed E-state index contributed by atoms with van der Waals surface area (Å²) in [5.74, 6) is 0.579. The fourth-order valence-electron chi connectivity index (χ4n) is 2.55. The lowest BCUT2D eigenvalue weighted by atomic mass is 10.1. The van der Waals surface area contributed by atoms with Gasteiger partial charge in [0, 0.05) is 34.3 Å². The van der Waals surface area contributed by atoms with Gasteiger partial charge in [-0.25, -0.2) is 4.98 Å². The van der Waals surface area contributed by atoms with Gasteiger partial charge in [0.25, 0.3) is 0 Å². The van der Waals surface area contributed by atoms with Crippen molar-refractivity contribution < 1.29 is 5.11 Å². The third-order valence-electron chi connectivity index (χ3n) is 3.94. The van der Waals surface area contributed by atoms with Crippen LogP contribution in [0, 0.1) is 10.8 Å². The molecule has 0 aliphatic rings. The van der Waals surface area contributed by atoms with Crippen molar-refractivity contribution in [1.82, 2.24) is 9.55 Å². The lowest BCUT2D eigenvalue weighted by molar-refractivity contribution is 0.322. The van der Waals surface area contributed by atoms with Gasteiger partial charge in [-0.2, -0.15) is 0 Å². The molecule has 10 heteroatoms. The molecule has 0 aliphatic carbocycles. The van der Waals surface area contributed by atoms with Crippen LogP contribution in [-0.2, 0) is 0 Å². The van der Waals surface area contributed by atoms with E-state index in [0.29, 0.717) is 16.9 Å². The minimum Gasteiger partial charge on any atom is -0.396 e. The van der Waals surface area contributed by atoms with E-state index in [1.54, 1.807) is 24.3 Å². The lowest BCUT2D eigenvalue weighted by Gasteiger charge is -2.07. The molecule has 0 amide bonds. The molecule has 7 N–H and O–H groups in total. The molecule has 29 heavy (non-hydrogen) atoms. The molecule has 154 valence electrons. The normalized spacial score (nSPS) is 9.97. The molecular formula is C19H22Cl2N6OS. The number of aliphatic hydroxyl groups excluding tert-OH is 1. The molecule has 3 rings (SSSR count). The number of aliphatic hydroxyl groups is 1. The number of rotatable bonds is 7. The summed E-state index contributed by atoms with van der Waals surface area (Å²) in [5, 5.41) is 24.9. The Morgan fingerprint density at radius 1 is 0.931 bits per heavy atom. The zero-order valence-corrected chi connectivity index (χ0v) is 17.8. The van der Waals surface area contributed by atoms with E-state index >= 15 is 0 Å². The maximum absolute atomic E-state index is 9.17. The molecule has 2 aromatic carbocycles. The van der Waals surface area contributed by atoms with Crippen molar-refractivity contribution in [2.24, 2.45) is 11.5 Å². The number of thioether (sulfide) groups is 1. The SMILES string of the molecule is Cl.Cl.N=C(N)c1ccc(-c2cn(-c3ccc(C(=N)N)cc3)c(SCCO)n2)cc1. The van der Waals surface area contributed by atoms with Gasteiger partial charge in [0.1, 0.15) is 11.7 Å². The van der Waals surface area contributed by atoms with Crippen LogP contribution >= 0.6 is 36.6 Å². The summed E-state index contributed by atoms with van der Waals surface area (Å²) < 4.78 is 1.94. The zero-order chi connectivity index (χ0) is 19.4. The van der Waals surface area contributed by atoms with E-state index in [0.717, 1.165) is 22.1 Å². The van der Waals surface area contributed by atoms with Crippen molar-refractivity contribution in [3.8, 4) is 16.9 Å². The van der Waals surface area contributed by atoms with Crippen LogP contribution in [0.4, 0.5) is 0 Å². The van der Waals surface area contributed by atoms with Crippen LogP contribution in [0.25, 0.3) is 16.9 Å². The third-order valence-corrected chi connectivity index (χ3v) is 4.88. The van der Waals surface area contributed by atoms with Crippen molar-refractivity contribution in [1.29, 1.82) is 10.8 Å². The van der Waals surface area contributed by atoms with E-state index in [1.165, 1.54) is 11.8 Å². The summed E-state index contributed by atoms with van der Waals surface area (Å²) in [6.07, 6.45) is 1.92. The summed E-state index contributed by atoms with van der Waals surface area (Å²) in [6.45, 7) is 0.0590. The number of hydrogen-bond donors (Lipinski definition) is 5. The van der Waals surface area contributed by atoms with Crippen molar-refractivity contribution in [2.75, 3.05) is 12.4 Å². The predicted molar refractivity (Wildman–Crippen MR) is 123 cm³/mol. The van der Waals surface area contributed by atoms with Crippen LogP contribution in [0.1, 0.15) is 11.1 Å². The predicted octanol–water partition coefficient (Wildman–Crippen LogP) is 3.04. The average Bonchev–Trinajstić information content (AvgIpc) is 3.10. The summed E-state index contributed by atoms with van der Waals surface area (Å²) in [5.41, 5.74) is 14.9. The second kappa shape index (κ2) is 10.9. The molecule has 0 atom stereocenters. The highest BCUT2D eigenvalue weighted by Gasteiger charge is 2.12. The van der Waals surface area contributed by atoms with Crippen molar-refractivity contribution in [3.63, 3.8) is 0 Å². The Morgan fingerprint density at radius 3 is 1.93 bits per heavy atom. The molecule has 0 spiro atoms. The number of nitrogens with one attached hydrogen (secondary N) is 2. The summed E-state index contributed by atoms with van der Waals surface area (Å²) in [4.78, 5) is 4.69. The average molecular weight is 453 g/mol. The van der Waals surface area contributed by atoms with Crippen molar-refractivity contribution in [3.05, 3.63) is 65.9 Å².